The summed E-state index contributed by atoms with van der Waals surface area (Å²) < 4.78 is 0.973. The molecule has 1 aromatic carbocycles. The Bertz CT molecular complexity index is 843. The number of nitrogens with one attached hydrogen (secondary N) is 1. The van der Waals surface area contributed by atoms with Crippen molar-refractivity contribution >= 4 is 39.3 Å². The first kappa shape index (κ1) is 18.5. The average molecular weight is 404 g/mol. The Kier molecular flexibility index (Phi) is 6.03. The largest absolute Gasteiger partial charge is 0.325 e. The van der Waals surface area contributed by atoms with Crippen LogP contribution in [0.1, 0.15) is 27.9 Å². The Morgan fingerprint density at radius 2 is 2.00 bits per heavy atom. The van der Waals surface area contributed by atoms with Crippen molar-refractivity contribution in [1.82, 2.24) is 4.98 Å². The second kappa shape index (κ2) is 7.82. The number of carbonyl (C=O) groups is 1. The Hall–Kier alpha value is -1.84. The number of aromatic nitrogens is 1. The minimum atomic E-state index is -0.119. The molecule has 2 aromatic rings. The summed E-state index contributed by atoms with van der Waals surface area (Å²) >= 11 is 4.69. The molecular weight excluding hydrogens is 386 g/mol. The molecule has 0 saturated carbocycles. The van der Waals surface area contributed by atoms with Crippen LogP contribution in [0.5, 0.6) is 0 Å². The molecule has 2 rings (SSSR count). The summed E-state index contributed by atoms with van der Waals surface area (Å²) in [6.45, 7) is 7.72. The van der Waals surface area contributed by atoms with E-state index < -0.39 is 0 Å². The molecule has 0 aliphatic carbocycles. The summed E-state index contributed by atoms with van der Waals surface area (Å²) in [5.74, 6) is 0.0889. The lowest BCUT2D eigenvalue weighted by Crippen LogP contribution is -2.15. The minimum absolute atomic E-state index is 0.119. The molecule has 1 N–H and O–H groups in total. The molecule has 1 aromatic heterocycles. The summed E-state index contributed by atoms with van der Waals surface area (Å²) in [4.78, 5) is 16.7. The second-order valence-corrected chi connectivity index (χ2v) is 7.41. The van der Waals surface area contributed by atoms with Gasteiger partial charge in [-0.3, -0.25) is 4.79 Å². The molecule has 0 aliphatic heterocycles. The van der Waals surface area contributed by atoms with E-state index in [4.69, 9.17) is 0 Å². The molecule has 4 nitrogen and oxygen atoms in total. The van der Waals surface area contributed by atoms with Crippen molar-refractivity contribution in [2.75, 3.05) is 11.1 Å². The van der Waals surface area contributed by atoms with Gasteiger partial charge in [0.25, 0.3) is 0 Å². The fourth-order valence-electron chi connectivity index (χ4n) is 2.23. The summed E-state index contributed by atoms with van der Waals surface area (Å²) in [5.41, 5.74) is 5.16. The number of halogens is 1. The number of rotatable bonds is 4. The number of aryl methyl sites for hydroxylation is 2. The quantitative estimate of drug-likeness (QED) is 0.752. The van der Waals surface area contributed by atoms with Crippen molar-refractivity contribution in [2.24, 2.45) is 0 Å². The summed E-state index contributed by atoms with van der Waals surface area (Å²) in [7, 11) is 0. The predicted molar refractivity (Wildman–Crippen MR) is 101 cm³/mol. The minimum Gasteiger partial charge on any atom is -0.325 e. The lowest BCUT2D eigenvalue weighted by molar-refractivity contribution is -0.113. The van der Waals surface area contributed by atoms with Crippen molar-refractivity contribution in [1.29, 1.82) is 5.26 Å². The van der Waals surface area contributed by atoms with Crippen LogP contribution in [0.4, 0.5) is 5.69 Å². The number of benzene rings is 1. The maximum atomic E-state index is 12.2. The van der Waals surface area contributed by atoms with E-state index in [1.54, 1.807) is 0 Å². The van der Waals surface area contributed by atoms with Crippen LogP contribution in [-0.2, 0) is 4.79 Å². The van der Waals surface area contributed by atoms with E-state index >= 15 is 0 Å². The van der Waals surface area contributed by atoms with Gasteiger partial charge in [0.15, 0.2) is 0 Å². The van der Waals surface area contributed by atoms with Gasteiger partial charge in [-0.1, -0.05) is 27.7 Å². The van der Waals surface area contributed by atoms with Crippen LogP contribution in [-0.4, -0.2) is 16.6 Å². The zero-order valence-electron chi connectivity index (χ0n) is 14.0. The lowest BCUT2D eigenvalue weighted by atomic mass is 10.1. The van der Waals surface area contributed by atoms with Gasteiger partial charge < -0.3 is 5.32 Å². The molecule has 124 valence electrons. The number of pyridine rings is 1. The highest BCUT2D eigenvalue weighted by atomic mass is 79.9. The van der Waals surface area contributed by atoms with Gasteiger partial charge in [0.05, 0.1) is 11.3 Å². The van der Waals surface area contributed by atoms with Crippen LogP contribution in [0.25, 0.3) is 0 Å². The van der Waals surface area contributed by atoms with Gasteiger partial charge in [0.1, 0.15) is 11.1 Å². The molecule has 1 heterocycles. The maximum absolute atomic E-state index is 12.2. The van der Waals surface area contributed by atoms with Crippen LogP contribution in [0.15, 0.2) is 27.7 Å². The van der Waals surface area contributed by atoms with E-state index in [0.717, 1.165) is 32.5 Å². The van der Waals surface area contributed by atoms with E-state index in [2.05, 4.69) is 32.3 Å². The zero-order valence-corrected chi connectivity index (χ0v) is 16.4. The number of hydrogen-bond acceptors (Lipinski definition) is 4. The normalized spacial score (nSPS) is 10.3. The van der Waals surface area contributed by atoms with Crippen LogP contribution in [0.2, 0.25) is 0 Å². The molecule has 0 saturated heterocycles. The fraction of sp³-hybridized carbons (Fsp3) is 0.278. The standard InChI is InChI=1S/C18H18BrN3OS/c1-10-7-14(19)5-6-16(10)22-17(23)9-24-18-15(8-20)12(3)11(2)13(4)21-18/h5-7H,9H2,1-4H3,(H,22,23). The van der Waals surface area contributed by atoms with E-state index in [0.29, 0.717) is 10.6 Å². The number of amides is 1. The highest BCUT2D eigenvalue weighted by molar-refractivity contribution is 9.10. The molecule has 0 bridgehead atoms. The highest BCUT2D eigenvalue weighted by Gasteiger charge is 2.14. The average Bonchev–Trinajstić information content (AvgIpc) is 2.53. The molecular formula is C18H18BrN3OS. The Balaban J connectivity index is 2.11. The van der Waals surface area contributed by atoms with Gasteiger partial charge in [-0.15, -0.1) is 0 Å². The van der Waals surface area contributed by atoms with Crippen LogP contribution in [0, 0.1) is 39.0 Å². The molecule has 0 radical (unpaired) electrons. The molecule has 1 amide bonds. The molecule has 0 atom stereocenters. The van der Waals surface area contributed by atoms with Gasteiger partial charge in [0, 0.05) is 15.9 Å². The van der Waals surface area contributed by atoms with Gasteiger partial charge in [-0.05, 0) is 62.6 Å². The lowest BCUT2D eigenvalue weighted by Gasteiger charge is -2.12. The van der Waals surface area contributed by atoms with Gasteiger partial charge in [-0.2, -0.15) is 5.26 Å². The number of carbonyl (C=O) groups excluding carboxylic acids is 1. The smallest absolute Gasteiger partial charge is 0.234 e. The highest BCUT2D eigenvalue weighted by Crippen LogP contribution is 2.27. The fourth-order valence-corrected chi connectivity index (χ4v) is 3.60. The Morgan fingerprint density at radius 3 is 2.62 bits per heavy atom. The summed E-state index contributed by atoms with van der Waals surface area (Å²) in [5, 5.41) is 12.9. The third kappa shape index (κ3) is 4.16. The first-order chi connectivity index (χ1) is 11.3. The number of hydrogen-bond donors (Lipinski definition) is 1. The van der Waals surface area contributed by atoms with Crippen molar-refractivity contribution < 1.29 is 4.79 Å². The number of anilines is 1. The van der Waals surface area contributed by atoms with Crippen molar-refractivity contribution in [2.45, 2.75) is 32.7 Å². The van der Waals surface area contributed by atoms with Gasteiger partial charge in [-0.25, -0.2) is 4.98 Å². The van der Waals surface area contributed by atoms with E-state index in [1.807, 2.05) is 45.9 Å². The number of nitriles is 1. The summed E-state index contributed by atoms with van der Waals surface area (Å²) in [6.07, 6.45) is 0. The first-order valence-electron chi connectivity index (χ1n) is 7.40. The predicted octanol–water partition coefficient (Wildman–Crippen LogP) is 4.68. The zero-order chi connectivity index (χ0) is 17.9. The molecule has 0 aliphatic rings. The molecule has 0 fully saturated rings. The SMILES string of the molecule is Cc1cc(Br)ccc1NC(=O)CSc1nc(C)c(C)c(C)c1C#N. The first-order valence-corrected chi connectivity index (χ1v) is 9.18. The number of thioether (sulfide) groups is 1. The molecule has 0 spiro atoms. The van der Waals surface area contributed by atoms with Gasteiger partial charge >= 0.3 is 0 Å². The van der Waals surface area contributed by atoms with Crippen molar-refractivity contribution in [3.63, 3.8) is 0 Å². The van der Waals surface area contributed by atoms with Gasteiger partial charge in [0.2, 0.25) is 5.91 Å². The summed E-state index contributed by atoms with van der Waals surface area (Å²) in [6, 6.07) is 7.90. The molecule has 0 unspecified atom stereocenters. The maximum Gasteiger partial charge on any atom is 0.234 e. The monoisotopic (exact) mass is 403 g/mol. The van der Waals surface area contributed by atoms with E-state index in [9.17, 15) is 10.1 Å². The van der Waals surface area contributed by atoms with Crippen LogP contribution in [0.3, 0.4) is 0 Å². The molecule has 24 heavy (non-hydrogen) atoms. The number of nitrogens with zero attached hydrogens (tertiary/aromatic N) is 2. The Morgan fingerprint density at radius 1 is 1.29 bits per heavy atom. The van der Waals surface area contributed by atoms with E-state index in [-0.39, 0.29) is 11.7 Å². The van der Waals surface area contributed by atoms with E-state index in [1.165, 1.54) is 11.8 Å². The Labute approximate surface area is 154 Å². The van der Waals surface area contributed by atoms with Crippen molar-refractivity contribution in [3.05, 3.63) is 50.6 Å². The third-order valence-corrected chi connectivity index (χ3v) is 5.35. The third-order valence-electron chi connectivity index (χ3n) is 3.88. The van der Waals surface area contributed by atoms with Crippen LogP contribution >= 0.6 is 27.7 Å². The van der Waals surface area contributed by atoms with Crippen LogP contribution < -0.4 is 5.32 Å². The second-order valence-electron chi connectivity index (χ2n) is 5.54. The molecule has 6 heteroatoms. The topological polar surface area (TPSA) is 65.8 Å². The van der Waals surface area contributed by atoms with Crippen molar-refractivity contribution in [3.8, 4) is 6.07 Å².